The van der Waals surface area contributed by atoms with Crippen molar-refractivity contribution in [1.82, 2.24) is 5.32 Å². The molecule has 1 fully saturated rings. The van der Waals surface area contributed by atoms with Gasteiger partial charge in [0.25, 0.3) is 0 Å². The van der Waals surface area contributed by atoms with Gasteiger partial charge < -0.3 is 20.5 Å². The molecule has 0 radical (unpaired) electrons. The summed E-state index contributed by atoms with van der Waals surface area (Å²) in [6, 6.07) is 6.89. The maximum Gasteiger partial charge on any atom is 0.161 e. The second-order valence-electron chi connectivity index (χ2n) is 6.96. The number of hydrogen-bond donors (Lipinski definition) is 2. The summed E-state index contributed by atoms with van der Waals surface area (Å²) in [6.07, 6.45) is 3.73. The molecule has 1 aromatic carbocycles. The smallest absolute Gasteiger partial charge is 0.161 e. The van der Waals surface area contributed by atoms with Crippen LogP contribution in [0.4, 0.5) is 0 Å². The van der Waals surface area contributed by atoms with E-state index in [4.69, 9.17) is 15.2 Å². The summed E-state index contributed by atoms with van der Waals surface area (Å²) >= 11 is 0. The Balaban J connectivity index is 1.71. The van der Waals surface area contributed by atoms with E-state index in [9.17, 15) is 0 Å². The average molecular weight is 290 g/mol. The molecule has 1 heterocycles. The first-order valence-corrected chi connectivity index (χ1v) is 7.93. The second-order valence-corrected chi connectivity index (χ2v) is 6.96. The molecule has 1 saturated carbocycles. The highest BCUT2D eigenvalue weighted by Crippen LogP contribution is 2.38. The minimum atomic E-state index is 0.180. The van der Waals surface area contributed by atoms with E-state index in [0.29, 0.717) is 31.2 Å². The van der Waals surface area contributed by atoms with Gasteiger partial charge in [0.1, 0.15) is 13.2 Å². The van der Waals surface area contributed by atoms with Gasteiger partial charge in [0.15, 0.2) is 11.5 Å². The lowest BCUT2D eigenvalue weighted by atomic mass is 9.91. The van der Waals surface area contributed by atoms with E-state index < -0.39 is 0 Å². The van der Waals surface area contributed by atoms with Gasteiger partial charge in [0, 0.05) is 18.6 Å². The molecular weight excluding hydrogens is 264 g/mol. The molecule has 21 heavy (non-hydrogen) atoms. The quantitative estimate of drug-likeness (QED) is 0.895. The molecule has 2 aliphatic rings. The first-order valence-electron chi connectivity index (χ1n) is 7.93. The SMILES string of the molecule is CC1(C)CCC(NC(CN)c2ccc3c(c2)OCCO3)C1. The number of ether oxygens (including phenoxy) is 2. The van der Waals surface area contributed by atoms with Gasteiger partial charge >= 0.3 is 0 Å². The van der Waals surface area contributed by atoms with Crippen LogP contribution in [-0.4, -0.2) is 25.8 Å². The maximum absolute atomic E-state index is 5.99. The largest absolute Gasteiger partial charge is 0.486 e. The summed E-state index contributed by atoms with van der Waals surface area (Å²) < 4.78 is 11.2. The summed E-state index contributed by atoms with van der Waals surface area (Å²) in [5, 5.41) is 3.72. The Kier molecular flexibility index (Phi) is 4.09. The van der Waals surface area contributed by atoms with Crippen molar-refractivity contribution in [3.05, 3.63) is 23.8 Å². The highest BCUT2D eigenvalue weighted by molar-refractivity contribution is 5.44. The molecule has 1 aliphatic heterocycles. The minimum absolute atomic E-state index is 0.180. The van der Waals surface area contributed by atoms with Gasteiger partial charge in [-0.3, -0.25) is 0 Å². The maximum atomic E-state index is 5.99. The molecule has 1 aliphatic carbocycles. The molecule has 0 aromatic heterocycles. The zero-order chi connectivity index (χ0) is 14.9. The van der Waals surface area contributed by atoms with Crippen molar-refractivity contribution in [2.45, 2.75) is 45.2 Å². The lowest BCUT2D eigenvalue weighted by molar-refractivity contribution is 0.171. The van der Waals surface area contributed by atoms with E-state index in [0.717, 1.165) is 11.5 Å². The fourth-order valence-corrected chi connectivity index (χ4v) is 3.44. The number of benzene rings is 1. The van der Waals surface area contributed by atoms with Crippen molar-refractivity contribution in [3.8, 4) is 11.5 Å². The zero-order valence-corrected chi connectivity index (χ0v) is 13.0. The van der Waals surface area contributed by atoms with E-state index in [2.05, 4.69) is 31.3 Å². The first-order chi connectivity index (χ1) is 10.1. The Morgan fingerprint density at radius 1 is 1.29 bits per heavy atom. The van der Waals surface area contributed by atoms with Gasteiger partial charge in [0.2, 0.25) is 0 Å². The third-order valence-corrected chi connectivity index (χ3v) is 4.61. The van der Waals surface area contributed by atoms with E-state index in [1.165, 1.54) is 24.8 Å². The zero-order valence-electron chi connectivity index (χ0n) is 13.0. The fraction of sp³-hybridized carbons (Fsp3) is 0.647. The molecule has 3 rings (SSSR count). The number of hydrogen-bond acceptors (Lipinski definition) is 4. The molecule has 0 saturated heterocycles. The molecule has 2 unspecified atom stereocenters. The van der Waals surface area contributed by atoms with Crippen molar-refractivity contribution in [2.75, 3.05) is 19.8 Å². The lowest BCUT2D eigenvalue weighted by Gasteiger charge is -2.25. The predicted molar refractivity (Wildman–Crippen MR) is 83.8 cm³/mol. The van der Waals surface area contributed by atoms with Crippen LogP contribution in [0, 0.1) is 5.41 Å². The van der Waals surface area contributed by atoms with Crippen LogP contribution in [0.2, 0.25) is 0 Å². The summed E-state index contributed by atoms with van der Waals surface area (Å²) in [6.45, 7) is 6.53. The van der Waals surface area contributed by atoms with Gasteiger partial charge in [-0.2, -0.15) is 0 Å². The van der Waals surface area contributed by atoms with Gasteiger partial charge in [-0.1, -0.05) is 19.9 Å². The molecule has 0 bridgehead atoms. The van der Waals surface area contributed by atoms with Crippen LogP contribution >= 0.6 is 0 Å². The highest BCUT2D eigenvalue weighted by Gasteiger charge is 2.32. The summed E-state index contributed by atoms with van der Waals surface area (Å²) in [4.78, 5) is 0. The Morgan fingerprint density at radius 3 is 2.71 bits per heavy atom. The molecule has 116 valence electrons. The molecule has 3 N–H and O–H groups in total. The number of fused-ring (bicyclic) bond motifs is 1. The van der Waals surface area contributed by atoms with Crippen LogP contribution in [0.3, 0.4) is 0 Å². The third kappa shape index (κ3) is 3.33. The lowest BCUT2D eigenvalue weighted by Crippen LogP contribution is -2.35. The van der Waals surface area contributed by atoms with Gasteiger partial charge in [-0.25, -0.2) is 0 Å². The Morgan fingerprint density at radius 2 is 2.05 bits per heavy atom. The Bertz CT molecular complexity index is 502. The van der Waals surface area contributed by atoms with Crippen LogP contribution in [0.25, 0.3) is 0 Å². The summed E-state index contributed by atoms with van der Waals surface area (Å²) in [5.74, 6) is 1.67. The molecule has 1 aromatic rings. The van der Waals surface area contributed by atoms with Crippen molar-refractivity contribution >= 4 is 0 Å². The van der Waals surface area contributed by atoms with Crippen LogP contribution in [0.15, 0.2) is 18.2 Å². The molecule has 4 heteroatoms. The van der Waals surface area contributed by atoms with E-state index in [1.54, 1.807) is 0 Å². The Labute approximate surface area is 127 Å². The van der Waals surface area contributed by atoms with Crippen LogP contribution in [0.1, 0.15) is 44.7 Å². The van der Waals surface area contributed by atoms with Gasteiger partial charge in [0.05, 0.1) is 0 Å². The van der Waals surface area contributed by atoms with E-state index in [-0.39, 0.29) is 6.04 Å². The number of nitrogens with one attached hydrogen (secondary N) is 1. The van der Waals surface area contributed by atoms with Crippen molar-refractivity contribution in [2.24, 2.45) is 11.1 Å². The molecule has 0 spiro atoms. The van der Waals surface area contributed by atoms with Crippen LogP contribution < -0.4 is 20.5 Å². The molecule has 0 amide bonds. The minimum Gasteiger partial charge on any atom is -0.486 e. The van der Waals surface area contributed by atoms with Crippen molar-refractivity contribution in [1.29, 1.82) is 0 Å². The van der Waals surface area contributed by atoms with Crippen LogP contribution in [0.5, 0.6) is 11.5 Å². The van der Waals surface area contributed by atoms with Gasteiger partial charge in [-0.15, -0.1) is 0 Å². The number of rotatable bonds is 4. The van der Waals surface area contributed by atoms with Crippen LogP contribution in [-0.2, 0) is 0 Å². The third-order valence-electron chi connectivity index (χ3n) is 4.61. The fourth-order valence-electron chi connectivity index (χ4n) is 3.44. The molecular formula is C17H26N2O2. The monoisotopic (exact) mass is 290 g/mol. The van der Waals surface area contributed by atoms with E-state index >= 15 is 0 Å². The Hall–Kier alpha value is -1.26. The highest BCUT2D eigenvalue weighted by atomic mass is 16.6. The first kappa shape index (κ1) is 14.7. The van der Waals surface area contributed by atoms with Crippen molar-refractivity contribution < 1.29 is 9.47 Å². The van der Waals surface area contributed by atoms with Gasteiger partial charge in [-0.05, 0) is 42.4 Å². The number of nitrogens with two attached hydrogens (primary N) is 1. The van der Waals surface area contributed by atoms with E-state index in [1.807, 2.05) is 6.07 Å². The van der Waals surface area contributed by atoms with Crippen molar-refractivity contribution in [3.63, 3.8) is 0 Å². The standard InChI is InChI=1S/C17H26N2O2/c1-17(2)6-5-13(10-17)19-14(11-18)12-3-4-15-16(9-12)21-8-7-20-15/h3-4,9,13-14,19H,5-8,10-11,18H2,1-2H3. The molecule has 4 nitrogen and oxygen atoms in total. The normalized spacial score (nSPS) is 24.8. The summed E-state index contributed by atoms with van der Waals surface area (Å²) in [5.41, 5.74) is 7.63. The predicted octanol–water partition coefficient (Wildman–Crippen LogP) is 2.63. The average Bonchev–Trinajstić information content (AvgIpc) is 2.83. The topological polar surface area (TPSA) is 56.5 Å². The molecule has 2 atom stereocenters. The summed E-state index contributed by atoms with van der Waals surface area (Å²) in [7, 11) is 0. The second kappa shape index (κ2) is 5.85.